The summed E-state index contributed by atoms with van der Waals surface area (Å²) in [4.78, 5) is 12.0. The minimum Gasteiger partial charge on any atom is -0.590 e. The first-order chi connectivity index (χ1) is 16.3. The summed E-state index contributed by atoms with van der Waals surface area (Å²) < 4.78 is 12.5. The Hall–Kier alpha value is -0.240. The lowest BCUT2D eigenvalue weighted by Crippen LogP contribution is -2.55. The molecule has 0 saturated carbocycles. The van der Waals surface area contributed by atoms with Crippen molar-refractivity contribution in [2.75, 3.05) is 21.1 Å². The van der Waals surface area contributed by atoms with E-state index in [2.05, 4.69) is 19.1 Å². The van der Waals surface area contributed by atoms with E-state index in [0.717, 1.165) is 12.8 Å². The molecule has 0 spiro atoms. The molecule has 0 rings (SSSR count). The SMILES string of the molecule is CCCCCCCC/C=C\CCCCCCCCCCCCCCC(CC)([P+](=O)[O-])[N+](C)(C)C. The molecule has 2 unspecified atom stereocenters. The van der Waals surface area contributed by atoms with E-state index in [4.69, 9.17) is 0 Å². The molecule has 0 bridgehead atoms. The fourth-order valence-corrected chi connectivity index (χ4v) is 6.26. The topological polar surface area (TPSA) is 40.1 Å². The maximum atomic E-state index is 12.0. The summed E-state index contributed by atoms with van der Waals surface area (Å²) in [5.41, 5.74) is 0. The Morgan fingerprint density at radius 3 is 1.29 bits per heavy atom. The van der Waals surface area contributed by atoms with Crippen LogP contribution in [0.2, 0.25) is 0 Å². The van der Waals surface area contributed by atoms with E-state index in [1.807, 2.05) is 28.1 Å². The highest BCUT2D eigenvalue weighted by atomic mass is 31.1. The van der Waals surface area contributed by atoms with E-state index in [9.17, 15) is 9.46 Å². The van der Waals surface area contributed by atoms with E-state index >= 15 is 0 Å². The van der Waals surface area contributed by atoms with Crippen LogP contribution in [0, 0.1) is 0 Å². The molecular weight excluding hydrogens is 437 g/mol. The number of unbranched alkanes of at least 4 members (excludes halogenated alkanes) is 18. The summed E-state index contributed by atoms with van der Waals surface area (Å²) in [7, 11) is 3.64. The quantitative estimate of drug-likeness (QED) is 0.0544. The summed E-state index contributed by atoms with van der Waals surface area (Å²) in [6, 6.07) is 0. The largest absolute Gasteiger partial charge is 0.590 e. The maximum absolute atomic E-state index is 12.0. The van der Waals surface area contributed by atoms with Crippen molar-refractivity contribution in [3.63, 3.8) is 0 Å². The molecule has 34 heavy (non-hydrogen) atoms. The molecule has 0 aromatic carbocycles. The van der Waals surface area contributed by atoms with E-state index in [1.165, 1.54) is 122 Å². The van der Waals surface area contributed by atoms with Crippen LogP contribution in [0.25, 0.3) is 0 Å². The van der Waals surface area contributed by atoms with Gasteiger partial charge in [-0.15, -0.1) is 0 Å². The normalized spacial score (nSPS) is 14.6. The van der Waals surface area contributed by atoms with Gasteiger partial charge in [0, 0.05) is 12.8 Å². The van der Waals surface area contributed by atoms with E-state index in [0.29, 0.717) is 10.9 Å². The van der Waals surface area contributed by atoms with E-state index in [1.54, 1.807) is 0 Å². The Balaban J connectivity index is 3.46. The fourth-order valence-electron chi connectivity index (χ4n) is 5.17. The maximum Gasteiger partial charge on any atom is 0.376 e. The van der Waals surface area contributed by atoms with Crippen molar-refractivity contribution in [2.24, 2.45) is 0 Å². The van der Waals surface area contributed by atoms with Crippen LogP contribution < -0.4 is 4.89 Å². The second-order valence-corrected chi connectivity index (χ2v) is 12.8. The molecule has 0 fully saturated rings. The van der Waals surface area contributed by atoms with Crippen molar-refractivity contribution < 1.29 is 13.9 Å². The van der Waals surface area contributed by atoms with Gasteiger partial charge in [-0.2, -0.15) is 0 Å². The van der Waals surface area contributed by atoms with Gasteiger partial charge in [-0.05, 0) is 32.1 Å². The van der Waals surface area contributed by atoms with Crippen molar-refractivity contribution in [1.82, 2.24) is 0 Å². The molecule has 0 aromatic heterocycles. The van der Waals surface area contributed by atoms with Crippen molar-refractivity contribution >= 4 is 8.03 Å². The smallest absolute Gasteiger partial charge is 0.376 e. The number of quaternary nitrogens is 1. The second kappa shape index (κ2) is 22.0. The number of hydrogen-bond acceptors (Lipinski definition) is 2. The van der Waals surface area contributed by atoms with Gasteiger partial charge in [0.25, 0.3) is 5.28 Å². The van der Waals surface area contributed by atoms with Crippen LogP contribution in [0.15, 0.2) is 12.2 Å². The highest BCUT2D eigenvalue weighted by Crippen LogP contribution is 2.44. The summed E-state index contributed by atoms with van der Waals surface area (Å²) in [6.45, 7) is 4.30. The molecule has 0 heterocycles. The monoisotopic (exact) mass is 498 g/mol. The number of nitrogens with zero attached hydrogens (tertiary/aromatic N) is 1. The molecule has 3 nitrogen and oxygen atoms in total. The lowest BCUT2D eigenvalue weighted by Gasteiger charge is -2.39. The lowest BCUT2D eigenvalue weighted by molar-refractivity contribution is -0.910. The molecule has 0 amide bonds. The van der Waals surface area contributed by atoms with Crippen LogP contribution in [0.4, 0.5) is 0 Å². The number of allylic oxidation sites excluding steroid dienone is 2. The van der Waals surface area contributed by atoms with Gasteiger partial charge in [0.15, 0.2) is 0 Å². The molecule has 202 valence electrons. The van der Waals surface area contributed by atoms with Gasteiger partial charge in [0.2, 0.25) is 0 Å². The average Bonchev–Trinajstić information content (AvgIpc) is 2.78. The third kappa shape index (κ3) is 16.4. The molecule has 0 aliphatic heterocycles. The summed E-state index contributed by atoms with van der Waals surface area (Å²) in [6.07, 6.45) is 33.0. The standard InChI is InChI=1S/C30H61NO2P/c1-6-8-9-10-11-12-13-14-15-16-17-18-19-20-21-22-23-24-25-26-27-28-29-30(7-2,34(32)33)31(3,4)5/h14-15H,6-13,16-29H2,1-5H3/q+1/b15-14-. The average molecular weight is 499 g/mol. The predicted molar refractivity (Wildman–Crippen MR) is 150 cm³/mol. The molecule has 0 aromatic rings. The van der Waals surface area contributed by atoms with Crippen LogP contribution in [0.1, 0.15) is 155 Å². The molecule has 4 heteroatoms. The number of hydrogen-bond donors (Lipinski definition) is 0. The van der Waals surface area contributed by atoms with Crippen LogP contribution in [-0.2, 0) is 4.57 Å². The Kier molecular flexibility index (Phi) is 21.8. The minimum atomic E-state index is -2.42. The molecule has 0 aliphatic rings. The predicted octanol–water partition coefficient (Wildman–Crippen LogP) is 9.67. The molecule has 2 atom stereocenters. The zero-order valence-corrected chi connectivity index (χ0v) is 24.8. The highest BCUT2D eigenvalue weighted by Gasteiger charge is 2.52. The molecule has 0 N–H and O–H groups in total. The van der Waals surface area contributed by atoms with Gasteiger partial charge in [-0.3, -0.25) is 4.48 Å². The van der Waals surface area contributed by atoms with Gasteiger partial charge in [0.05, 0.1) is 21.1 Å². The zero-order chi connectivity index (χ0) is 25.5. The molecular formula is C30H61NO2P+. The zero-order valence-electron chi connectivity index (χ0n) is 23.9. The van der Waals surface area contributed by atoms with Gasteiger partial charge < -0.3 is 4.89 Å². The van der Waals surface area contributed by atoms with Crippen molar-refractivity contribution in [1.29, 1.82) is 0 Å². The van der Waals surface area contributed by atoms with Crippen LogP contribution >= 0.6 is 8.03 Å². The third-order valence-electron chi connectivity index (χ3n) is 7.74. The van der Waals surface area contributed by atoms with E-state index in [-0.39, 0.29) is 0 Å². The van der Waals surface area contributed by atoms with Gasteiger partial charge in [-0.1, -0.05) is 127 Å². The van der Waals surface area contributed by atoms with Crippen LogP contribution in [0.5, 0.6) is 0 Å². The van der Waals surface area contributed by atoms with Crippen LogP contribution in [-0.4, -0.2) is 30.9 Å². The van der Waals surface area contributed by atoms with E-state index < -0.39 is 13.3 Å². The van der Waals surface area contributed by atoms with Gasteiger partial charge in [0.1, 0.15) is 0 Å². The first kappa shape index (κ1) is 33.8. The van der Waals surface area contributed by atoms with Crippen LogP contribution in [0.3, 0.4) is 0 Å². The summed E-state index contributed by atoms with van der Waals surface area (Å²) in [5.74, 6) is 0. The van der Waals surface area contributed by atoms with Gasteiger partial charge in [-0.25, -0.2) is 0 Å². The Morgan fingerprint density at radius 1 is 0.618 bits per heavy atom. The third-order valence-corrected chi connectivity index (χ3v) is 9.56. The van der Waals surface area contributed by atoms with Gasteiger partial charge >= 0.3 is 8.03 Å². The van der Waals surface area contributed by atoms with Crippen molar-refractivity contribution in [2.45, 2.75) is 160 Å². The Labute approximate surface area is 215 Å². The Morgan fingerprint density at radius 2 is 0.971 bits per heavy atom. The summed E-state index contributed by atoms with van der Waals surface area (Å²) in [5, 5.41) is -0.598. The Bertz CT molecular complexity index is 501. The first-order valence-corrected chi connectivity index (χ1v) is 16.1. The summed E-state index contributed by atoms with van der Waals surface area (Å²) >= 11 is 0. The molecule has 0 radical (unpaired) electrons. The molecule has 0 aliphatic carbocycles. The first-order valence-electron chi connectivity index (χ1n) is 14.9. The van der Waals surface area contributed by atoms with Crippen molar-refractivity contribution in [3.05, 3.63) is 12.2 Å². The lowest BCUT2D eigenvalue weighted by atomic mass is 10.0. The minimum absolute atomic E-state index is 0.512. The highest BCUT2D eigenvalue weighted by molar-refractivity contribution is 7.38. The fraction of sp³-hybridized carbons (Fsp3) is 0.933. The van der Waals surface area contributed by atoms with Crippen molar-refractivity contribution in [3.8, 4) is 0 Å². The molecule has 0 saturated heterocycles. The second-order valence-electron chi connectivity index (χ2n) is 11.4. The number of rotatable bonds is 25.